The maximum atomic E-state index is 11.3. The molecule has 0 radical (unpaired) electrons. The first-order chi connectivity index (χ1) is 7.41. The van der Waals surface area contributed by atoms with Crippen LogP contribution >= 0.6 is 0 Å². The van der Waals surface area contributed by atoms with Crippen molar-refractivity contribution in [3.05, 3.63) is 0 Å². The lowest BCUT2D eigenvalue weighted by Crippen LogP contribution is -2.51. The number of hydrogen-bond donors (Lipinski definition) is 2. The van der Waals surface area contributed by atoms with Gasteiger partial charge >= 0.3 is 0 Å². The summed E-state index contributed by atoms with van der Waals surface area (Å²) in [5.74, 6) is 1.60. The predicted molar refractivity (Wildman–Crippen MR) is 66.9 cm³/mol. The van der Waals surface area contributed by atoms with Gasteiger partial charge in [-0.25, -0.2) is 0 Å². The largest absolute Gasteiger partial charge is 0.368 e. The fourth-order valence-corrected chi connectivity index (χ4v) is 2.56. The smallest absolute Gasteiger partial charge is 0.234 e. The molecule has 3 N–H and O–H groups in total. The first-order valence-corrected chi connectivity index (χ1v) is 6.47. The van der Waals surface area contributed by atoms with E-state index in [2.05, 4.69) is 19.2 Å². The van der Waals surface area contributed by atoms with E-state index in [1.54, 1.807) is 0 Å². The Morgan fingerprint density at radius 1 is 1.25 bits per heavy atom. The van der Waals surface area contributed by atoms with Crippen LogP contribution in [0.2, 0.25) is 0 Å². The fraction of sp³-hybridized carbons (Fsp3) is 0.923. The monoisotopic (exact) mass is 226 g/mol. The molecule has 0 spiro atoms. The molecule has 0 bridgehead atoms. The van der Waals surface area contributed by atoms with Crippen LogP contribution < -0.4 is 11.1 Å². The summed E-state index contributed by atoms with van der Waals surface area (Å²) >= 11 is 0. The zero-order chi connectivity index (χ0) is 12.3. The highest BCUT2D eigenvalue weighted by molar-refractivity contribution is 5.80. The number of rotatable bonds is 4. The average Bonchev–Trinajstić information content (AvgIpc) is 2.18. The molecule has 1 aliphatic rings. The van der Waals surface area contributed by atoms with Gasteiger partial charge in [-0.05, 0) is 37.0 Å². The van der Waals surface area contributed by atoms with Gasteiger partial charge < -0.3 is 11.1 Å². The maximum absolute atomic E-state index is 11.3. The van der Waals surface area contributed by atoms with Crippen molar-refractivity contribution in [2.45, 2.75) is 59.0 Å². The lowest BCUT2D eigenvalue weighted by atomic mass is 9.78. The van der Waals surface area contributed by atoms with Crippen LogP contribution in [0.3, 0.4) is 0 Å². The van der Waals surface area contributed by atoms with Gasteiger partial charge in [0.25, 0.3) is 0 Å². The Morgan fingerprint density at radius 3 is 2.31 bits per heavy atom. The van der Waals surface area contributed by atoms with E-state index >= 15 is 0 Å². The van der Waals surface area contributed by atoms with Gasteiger partial charge in [0.1, 0.15) is 0 Å². The summed E-state index contributed by atoms with van der Waals surface area (Å²) in [5.41, 5.74) is 5.42. The van der Waals surface area contributed by atoms with Crippen molar-refractivity contribution in [1.82, 2.24) is 5.32 Å². The van der Waals surface area contributed by atoms with Gasteiger partial charge in [-0.15, -0.1) is 0 Å². The second-order valence-electron chi connectivity index (χ2n) is 5.76. The van der Waals surface area contributed by atoms with Crippen molar-refractivity contribution in [2.24, 2.45) is 23.5 Å². The molecule has 0 aromatic carbocycles. The molecule has 0 aromatic rings. The lowest BCUT2D eigenvalue weighted by Gasteiger charge is -2.35. The van der Waals surface area contributed by atoms with E-state index in [1.807, 2.05) is 13.8 Å². The van der Waals surface area contributed by atoms with Crippen LogP contribution in [-0.2, 0) is 4.79 Å². The highest BCUT2D eigenvalue weighted by Gasteiger charge is 2.28. The molecule has 0 aliphatic heterocycles. The summed E-state index contributed by atoms with van der Waals surface area (Å²) in [5, 5.41) is 3.43. The fourth-order valence-electron chi connectivity index (χ4n) is 2.56. The summed E-state index contributed by atoms with van der Waals surface area (Å²) in [6, 6.07) is 0.289. The number of primary amides is 1. The summed E-state index contributed by atoms with van der Waals surface area (Å²) in [4.78, 5) is 11.3. The molecule has 1 saturated carbocycles. The van der Waals surface area contributed by atoms with E-state index in [0.29, 0.717) is 6.04 Å². The first-order valence-electron chi connectivity index (χ1n) is 6.47. The third-order valence-electron chi connectivity index (χ3n) is 3.99. The van der Waals surface area contributed by atoms with E-state index in [4.69, 9.17) is 5.73 Å². The molecule has 0 saturated heterocycles. The Morgan fingerprint density at radius 2 is 1.88 bits per heavy atom. The van der Waals surface area contributed by atoms with Gasteiger partial charge in [0.05, 0.1) is 6.04 Å². The molecular formula is C13H26N2O. The normalized spacial score (nSPS) is 32.7. The quantitative estimate of drug-likeness (QED) is 0.769. The molecular weight excluding hydrogens is 200 g/mol. The van der Waals surface area contributed by atoms with Crippen molar-refractivity contribution >= 4 is 5.91 Å². The van der Waals surface area contributed by atoms with Crippen LogP contribution in [0.5, 0.6) is 0 Å². The van der Waals surface area contributed by atoms with Crippen LogP contribution in [-0.4, -0.2) is 18.0 Å². The van der Waals surface area contributed by atoms with Crippen molar-refractivity contribution in [3.8, 4) is 0 Å². The van der Waals surface area contributed by atoms with Gasteiger partial charge in [-0.1, -0.05) is 27.7 Å². The van der Waals surface area contributed by atoms with E-state index in [0.717, 1.165) is 18.3 Å². The molecule has 4 unspecified atom stereocenters. The second kappa shape index (κ2) is 5.67. The highest BCUT2D eigenvalue weighted by atomic mass is 16.1. The molecule has 3 nitrogen and oxygen atoms in total. The Labute approximate surface area is 99.2 Å². The summed E-state index contributed by atoms with van der Waals surface area (Å²) in [7, 11) is 0. The number of carbonyl (C=O) groups is 1. The number of nitrogens with two attached hydrogens (primary N) is 1. The molecule has 1 amide bonds. The molecule has 4 atom stereocenters. The third-order valence-corrected chi connectivity index (χ3v) is 3.99. The average molecular weight is 226 g/mol. The molecule has 0 heterocycles. The van der Waals surface area contributed by atoms with Crippen molar-refractivity contribution in [2.75, 3.05) is 0 Å². The minimum absolute atomic E-state index is 0.175. The number of nitrogens with one attached hydrogen (secondary N) is 1. The van der Waals surface area contributed by atoms with E-state index in [9.17, 15) is 4.79 Å². The molecule has 0 aromatic heterocycles. The Hall–Kier alpha value is -0.570. The Bertz CT molecular complexity index is 240. The topological polar surface area (TPSA) is 55.1 Å². The van der Waals surface area contributed by atoms with Gasteiger partial charge in [0.15, 0.2) is 0 Å². The molecule has 1 fully saturated rings. The predicted octanol–water partition coefficient (Wildman–Crippen LogP) is 1.91. The Kier molecular flexibility index (Phi) is 4.78. The van der Waals surface area contributed by atoms with Crippen LogP contribution in [0, 0.1) is 17.8 Å². The zero-order valence-corrected chi connectivity index (χ0v) is 11.0. The highest BCUT2D eigenvalue weighted by Crippen LogP contribution is 2.29. The number of hydrogen-bond acceptors (Lipinski definition) is 2. The second-order valence-corrected chi connectivity index (χ2v) is 5.76. The first kappa shape index (κ1) is 13.5. The Balaban J connectivity index is 2.50. The molecule has 16 heavy (non-hydrogen) atoms. The van der Waals surface area contributed by atoms with E-state index < -0.39 is 0 Å². The van der Waals surface area contributed by atoms with Crippen molar-refractivity contribution in [1.29, 1.82) is 0 Å². The van der Waals surface area contributed by atoms with Crippen LogP contribution in [0.4, 0.5) is 0 Å². The van der Waals surface area contributed by atoms with Crippen LogP contribution in [0.25, 0.3) is 0 Å². The lowest BCUT2D eigenvalue weighted by molar-refractivity contribution is -0.121. The summed E-state index contributed by atoms with van der Waals surface area (Å²) < 4.78 is 0. The van der Waals surface area contributed by atoms with Crippen LogP contribution in [0.15, 0.2) is 0 Å². The number of carbonyl (C=O) groups excluding carboxylic acids is 1. The van der Waals surface area contributed by atoms with E-state index in [-0.39, 0.29) is 17.9 Å². The maximum Gasteiger partial charge on any atom is 0.234 e. The van der Waals surface area contributed by atoms with Crippen LogP contribution in [0.1, 0.15) is 47.0 Å². The van der Waals surface area contributed by atoms with Gasteiger partial charge in [-0.3, -0.25) is 4.79 Å². The van der Waals surface area contributed by atoms with E-state index in [1.165, 1.54) is 12.8 Å². The van der Waals surface area contributed by atoms with Crippen molar-refractivity contribution in [3.63, 3.8) is 0 Å². The summed E-state index contributed by atoms with van der Waals surface area (Å²) in [6.07, 6.45) is 3.59. The van der Waals surface area contributed by atoms with Crippen molar-refractivity contribution < 1.29 is 4.79 Å². The molecule has 1 rings (SSSR count). The van der Waals surface area contributed by atoms with Gasteiger partial charge in [-0.2, -0.15) is 0 Å². The SMILES string of the molecule is CC(C)C(NC1CCC(C)C(C)C1)C(N)=O. The standard InChI is InChI=1S/C13H26N2O/c1-8(2)12(13(14)16)15-11-6-5-9(3)10(4)7-11/h8-12,15H,5-7H2,1-4H3,(H2,14,16). The minimum atomic E-state index is -0.221. The molecule has 1 aliphatic carbocycles. The molecule has 3 heteroatoms. The van der Waals surface area contributed by atoms with Gasteiger partial charge in [0, 0.05) is 6.04 Å². The zero-order valence-electron chi connectivity index (χ0n) is 11.0. The third kappa shape index (κ3) is 3.48. The minimum Gasteiger partial charge on any atom is -0.368 e. The summed E-state index contributed by atoms with van der Waals surface area (Å²) in [6.45, 7) is 8.69. The van der Waals surface area contributed by atoms with Gasteiger partial charge in [0.2, 0.25) is 5.91 Å². The number of amides is 1. The molecule has 94 valence electrons.